The number of benzene rings is 2. The molecule has 0 fully saturated rings. The van der Waals surface area contributed by atoms with Gasteiger partial charge >= 0.3 is 0 Å². The third-order valence-electron chi connectivity index (χ3n) is 4.47. The lowest BCUT2D eigenvalue weighted by Gasteiger charge is -2.23. The Morgan fingerprint density at radius 3 is 2.33 bits per heavy atom. The molecule has 0 spiro atoms. The molecular weight excluding hydrogens is 364 g/mol. The Hall–Kier alpha value is -2.80. The van der Waals surface area contributed by atoms with E-state index >= 15 is 0 Å². The van der Waals surface area contributed by atoms with Gasteiger partial charge in [0.05, 0.1) is 17.7 Å². The van der Waals surface area contributed by atoms with Crippen LogP contribution in [0.25, 0.3) is 5.57 Å². The molecule has 0 bridgehead atoms. The number of allylic oxidation sites excluding steroid dienone is 1. The van der Waals surface area contributed by atoms with Gasteiger partial charge in [-0.15, -0.1) is 0 Å². The van der Waals surface area contributed by atoms with Crippen molar-refractivity contribution in [1.29, 1.82) is 0 Å². The third-order valence-corrected chi connectivity index (χ3v) is 6.37. The Balaban J connectivity index is 2.07. The molecule has 3 rings (SSSR count). The zero-order valence-corrected chi connectivity index (χ0v) is 16.6. The number of amides is 1. The van der Waals surface area contributed by atoms with Crippen LogP contribution < -0.4 is 14.4 Å². The molecule has 2 aromatic rings. The molecule has 0 saturated carbocycles. The van der Waals surface area contributed by atoms with Crippen LogP contribution in [-0.2, 0) is 14.8 Å². The molecule has 142 valence electrons. The minimum atomic E-state index is -3.78. The van der Waals surface area contributed by atoms with Gasteiger partial charge in [0.25, 0.3) is 15.9 Å². The topological polar surface area (TPSA) is 75.7 Å². The highest BCUT2D eigenvalue weighted by molar-refractivity contribution is 7.92. The number of nitrogens with zero attached hydrogens (tertiary/aromatic N) is 1. The second-order valence-corrected chi connectivity index (χ2v) is 8.27. The summed E-state index contributed by atoms with van der Waals surface area (Å²) in [7, 11) is -2.22. The molecule has 1 amide bonds. The van der Waals surface area contributed by atoms with E-state index in [2.05, 4.69) is 5.32 Å². The summed E-state index contributed by atoms with van der Waals surface area (Å²) in [6, 6.07) is 11.6. The summed E-state index contributed by atoms with van der Waals surface area (Å²) in [6.07, 6.45) is 0. The largest absolute Gasteiger partial charge is 0.497 e. The van der Waals surface area contributed by atoms with E-state index in [4.69, 9.17) is 4.74 Å². The van der Waals surface area contributed by atoms with Crippen LogP contribution in [0.4, 0.5) is 11.4 Å². The minimum absolute atomic E-state index is 0.147. The lowest BCUT2D eigenvalue weighted by atomic mass is 10.0. The van der Waals surface area contributed by atoms with Gasteiger partial charge < -0.3 is 10.1 Å². The van der Waals surface area contributed by atoms with E-state index in [1.807, 2.05) is 13.8 Å². The predicted molar refractivity (Wildman–Crippen MR) is 107 cm³/mol. The number of methoxy groups -OCH3 is 1. The lowest BCUT2D eigenvalue weighted by Crippen LogP contribution is -2.30. The summed E-state index contributed by atoms with van der Waals surface area (Å²) in [6.45, 7) is 5.72. The van der Waals surface area contributed by atoms with Crippen molar-refractivity contribution < 1.29 is 17.9 Å². The Morgan fingerprint density at radius 2 is 1.78 bits per heavy atom. The first-order chi connectivity index (χ1) is 12.8. The zero-order valence-electron chi connectivity index (χ0n) is 15.7. The van der Waals surface area contributed by atoms with Crippen molar-refractivity contribution >= 4 is 32.9 Å². The first kappa shape index (κ1) is 19.0. The van der Waals surface area contributed by atoms with Gasteiger partial charge in [0.15, 0.2) is 0 Å². The quantitative estimate of drug-likeness (QED) is 0.796. The zero-order chi connectivity index (χ0) is 19.8. The highest BCUT2D eigenvalue weighted by Gasteiger charge is 2.29. The van der Waals surface area contributed by atoms with Crippen LogP contribution >= 0.6 is 0 Å². The van der Waals surface area contributed by atoms with E-state index in [1.54, 1.807) is 50.4 Å². The molecule has 1 heterocycles. The first-order valence-corrected chi connectivity index (χ1v) is 10.0. The molecule has 1 aliphatic heterocycles. The highest BCUT2D eigenvalue weighted by Crippen LogP contribution is 2.36. The van der Waals surface area contributed by atoms with E-state index in [0.717, 1.165) is 5.57 Å². The normalized spacial score (nSPS) is 13.2. The van der Waals surface area contributed by atoms with E-state index in [0.29, 0.717) is 28.3 Å². The minimum Gasteiger partial charge on any atom is -0.497 e. The van der Waals surface area contributed by atoms with Gasteiger partial charge in [0, 0.05) is 23.4 Å². The van der Waals surface area contributed by atoms with E-state index < -0.39 is 10.0 Å². The molecule has 27 heavy (non-hydrogen) atoms. The summed E-state index contributed by atoms with van der Waals surface area (Å²) in [4.78, 5) is 12.3. The average molecular weight is 386 g/mol. The monoisotopic (exact) mass is 386 g/mol. The fourth-order valence-corrected chi connectivity index (χ4v) is 4.67. The van der Waals surface area contributed by atoms with Gasteiger partial charge in [0.2, 0.25) is 0 Å². The Labute approximate surface area is 159 Å². The summed E-state index contributed by atoms with van der Waals surface area (Å²) in [5, 5.41) is 2.78. The molecule has 7 heteroatoms. The number of rotatable bonds is 5. The number of nitrogens with one attached hydrogen (secondary N) is 1. The van der Waals surface area contributed by atoms with Gasteiger partial charge in [-0.3, -0.25) is 9.10 Å². The molecule has 0 aromatic heterocycles. The van der Waals surface area contributed by atoms with Crippen molar-refractivity contribution in [2.24, 2.45) is 0 Å². The van der Waals surface area contributed by atoms with Crippen LogP contribution in [0.5, 0.6) is 5.75 Å². The van der Waals surface area contributed by atoms with Gasteiger partial charge in [0.1, 0.15) is 5.75 Å². The smallest absolute Gasteiger partial charge is 0.264 e. The van der Waals surface area contributed by atoms with Gasteiger partial charge in [-0.2, -0.15) is 0 Å². The maximum Gasteiger partial charge on any atom is 0.264 e. The third kappa shape index (κ3) is 3.30. The number of hydrogen-bond acceptors (Lipinski definition) is 4. The van der Waals surface area contributed by atoms with E-state index in [1.165, 1.54) is 10.4 Å². The van der Waals surface area contributed by atoms with Crippen molar-refractivity contribution in [1.82, 2.24) is 0 Å². The number of hydrogen-bond donors (Lipinski definition) is 1. The standard InChI is InChI=1S/C20H22N2O4S/c1-5-22(14-6-8-15(26-4)9-7-14)27(24,25)16-10-11-18-17(12-16)19(13(2)3)20(23)21-18/h6-12H,5H2,1-4H3,(H,21,23). The number of fused-ring (bicyclic) bond motifs is 1. The fraction of sp³-hybridized carbons (Fsp3) is 0.250. The van der Waals surface area contributed by atoms with Crippen molar-refractivity contribution in [2.75, 3.05) is 23.3 Å². The molecule has 0 aliphatic carbocycles. The SMILES string of the molecule is CCN(c1ccc(OC)cc1)S(=O)(=O)c1ccc2c(c1)C(=C(C)C)C(=O)N2. The van der Waals surface area contributed by atoms with Crippen molar-refractivity contribution in [3.05, 3.63) is 53.6 Å². The highest BCUT2D eigenvalue weighted by atomic mass is 32.2. The average Bonchev–Trinajstić information content (AvgIpc) is 2.97. The molecule has 0 atom stereocenters. The van der Waals surface area contributed by atoms with Gasteiger partial charge in [-0.25, -0.2) is 8.42 Å². The van der Waals surface area contributed by atoms with E-state index in [9.17, 15) is 13.2 Å². The number of sulfonamides is 1. The van der Waals surface area contributed by atoms with E-state index in [-0.39, 0.29) is 17.3 Å². The number of carbonyl (C=O) groups is 1. The molecule has 0 saturated heterocycles. The number of ether oxygens (including phenoxy) is 1. The van der Waals surface area contributed by atoms with Crippen LogP contribution in [0.15, 0.2) is 52.9 Å². The second kappa shape index (κ2) is 7.08. The summed E-state index contributed by atoms with van der Waals surface area (Å²) < 4.78 is 33.0. The Kier molecular flexibility index (Phi) is 4.97. The van der Waals surface area contributed by atoms with Crippen LogP contribution in [0.3, 0.4) is 0 Å². The molecular formula is C20H22N2O4S. The molecule has 6 nitrogen and oxygen atoms in total. The van der Waals surface area contributed by atoms with Crippen molar-refractivity contribution in [3.8, 4) is 5.75 Å². The van der Waals surface area contributed by atoms with Gasteiger partial charge in [-0.05, 0) is 63.2 Å². The number of anilines is 2. The van der Waals surface area contributed by atoms with Crippen molar-refractivity contribution in [3.63, 3.8) is 0 Å². The predicted octanol–water partition coefficient (Wildman–Crippen LogP) is 3.66. The second-order valence-electron chi connectivity index (χ2n) is 6.40. The molecule has 2 aromatic carbocycles. The Bertz CT molecular complexity index is 1020. The molecule has 1 N–H and O–H groups in total. The Morgan fingerprint density at radius 1 is 1.11 bits per heavy atom. The van der Waals surface area contributed by atoms with Gasteiger partial charge in [-0.1, -0.05) is 5.57 Å². The number of carbonyl (C=O) groups excluding carboxylic acids is 1. The van der Waals surface area contributed by atoms with Crippen LogP contribution in [0.2, 0.25) is 0 Å². The summed E-state index contributed by atoms with van der Waals surface area (Å²) in [5.74, 6) is 0.449. The fourth-order valence-electron chi connectivity index (χ4n) is 3.17. The summed E-state index contributed by atoms with van der Waals surface area (Å²) >= 11 is 0. The van der Waals surface area contributed by atoms with Crippen LogP contribution in [-0.4, -0.2) is 28.0 Å². The first-order valence-electron chi connectivity index (χ1n) is 8.59. The van der Waals surface area contributed by atoms with Crippen molar-refractivity contribution in [2.45, 2.75) is 25.7 Å². The molecule has 0 radical (unpaired) electrons. The summed E-state index contributed by atoms with van der Waals surface area (Å²) in [5.41, 5.74) is 3.16. The maximum absolute atomic E-state index is 13.2. The maximum atomic E-state index is 13.2. The molecule has 0 unspecified atom stereocenters. The van der Waals surface area contributed by atoms with Crippen LogP contribution in [0, 0.1) is 0 Å². The molecule has 1 aliphatic rings. The lowest BCUT2D eigenvalue weighted by molar-refractivity contribution is -0.110. The van der Waals surface area contributed by atoms with Crippen LogP contribution in [0.1, 0.15) is 26.3 Å².